The van der Waals surface area contributed by atoms with Crippen LogP contribution < -0.4 is 19.0 Å². The molecular weight excluding hydrogens is 406 g/mol. The molecule has 1 aliphatic carbocycles. The molecule has 1 N–H and O–H groups in total. The fourth-order valence-electron chi connectivity index (χ4n) is 3.90. The van der Waals surface area contributed by atoms with Crippen molar-refractivity contribution in [3.63, 3.8) is 0 Å². The maximum Gasteiger partial charge on any atom is 0.306 e. The zero-order valence-corrected chi connectivity index (χ0v) is 18.2. The highest BCUT2D eigenvalue weighted by atomic mass is 32.2. The van der Waals surface area contributed by atoms with Gasteiger partial charge in [0.15, 0.2) is 11.5 Å². The van der Waals surface area contributed by atoms with Crippen LogP contribution in [0.3, 0.4) is 0 Å². The summed E-state index contributed by atoms with van der Waals surface area (Å²) in [5.41, 5.74) is 1.44. The van der Waals surface area contributed by atoms with Crippen molar-refractivity contribution in [2.24, 2.45) is 0 Å². The van der Waals surface area contributed by atoms with Crippen molar-refractivity contribution in [2.45, 2.75) is 37.6 Å². The number of methoxy groups -OCH3 is 2. The number of carbonyl (C=O) groups is 1. The molecule has 0 bridgehead atoms. The van der Waals surface area contributed by atoms with E-state index in [-0.39, 0.29) is 23.6 Å². The number of hydrogen-bond donors (Lipinski definition) is 1. The Balaban J connectivity index is 1.79. The van der Waals surface area contributed by atoms with Gasteiger partial charge in [0, 0.05) is 17.5 Å². The SMILES string of the molecule is COc1ccc([C@H]2CCCC[C@H]2NC(=O)c2cccc(OS(C)(=O)=O)c2)cc1OC. The first-order chi connectivity index (χ1) is 14.3. The minimum atomic E-state index is -3.66. The van der Waals surface area contributed by atoms with Crippen molar-refractivity contribution in [2.75, 3.05) is 20.5 Å². The average Bonchev–Trinajstić information content (AvgIpc) is 2.72. The highest BCUT2D eigenvalue weighted by molar-refractivity contribution is 7.86. The van der Waals surface area contributed by atoms with Crippen LogP contribution in [-0.4, -0.2) is 40.8 Å². The Hall–Kier alpha value is -2.74. The molecule has 1 aliphatic rings. The van der Waals surface area contributed by atoms with E-state index >= 15 is 0 Å². The normalized spacial score (nSPS) is 19.0. The molecule has 0 unspecified atom stereocenters. The molecule has 8 heteroatoms. The van der Waals surface area contributed by atoms with Crippen LogP contribution >= 0.6 is 0 Å². The zero-order valence-electron chi connectivity index (χ0n) is 17.4. The molecule has 162 valence electrons. The first kappa shape index (κ1) is 22.0. The molecule has 1 fully saturated rings. The first-order valence-corrected chi connectivity index (χ1v) is 11.6. The summed E-state index contributed by atoms with van der Waals surface area (Å²) in [7, 11) is -0.453. The number of nitrogens with one attached hydrogen (secondary N) is 1. The summed E-state index contributed by atoms with van der Waals surface area (Å²) < 4.78 is 38.4. The van der Waals surface area contributed by atoms with Crippen LogP contribution in [0.5, 0.6) is 17.2 Å². The lowest BCUT2D eigenvalue weighted by Crippen LogP contribution is -2.41. The van der Waals surface area contributed by atoms with Crippen LogP contribution in [0.25, 0.3) is 0 Å². The lowest BCUT2D eigenvalue weighted by Gasteiger charge is -2.33. The summed E-state index contributed by atoms with van der Waals surface area (Å²) in [5, 5.41) is 3.12. The highest BCUT2D eigenvalue weighted by Crippen LogP contribution is 2.37. The van der Waals surface area contributed by atoms with Crippen molar-refractivity contribution in [1.82, 2.24) is 5.32 Å². The molecule has 0 aromatic heterocycles. The molecule has 2 aromatic rings. The summed E-state index contributed by atoms with van der Waals surface area (Å²) in [4.78, 5) is 12.9. The molecule has 0 spiro atoms. The molecule has 2 aromatic carbocycles. The van der Waals surface area contributed by atoms with E-state index in [4.69, 9.17) is 13.7 Å². The third-order valence-electron chi connectivity index (χ3n) is 5.26. The Morgan fingerprint density at radius 3 is 2.43 bits per heavy atom. The Kier molecular flexibility index (Phi) is 6.87. The topological polar surface area (TPSA) is 90.9 Å². The highest BCUT2D eigenvalue weighted by Gasteiger charge is 2.29. The van der Waals surface area contributed by atoms with Crippen LogP contribution in [0.4, 0.5) is 0 Å². The number of carbonyl (C=O) groups excluding carboxylic acids is 1. The quantitative estimate of drug-likeness (QED) is 0.672. The van der Waals surface area contributed by atoms with Crippen molar-refractivity contribution in [3.8, 4) is 17.2 Å². The minimum Gasteiger partial charge on any atom is -0.493 e. The Bertz CT molecular complexity index is 1000. The van der Waals surface area contributed by atoms with E-state index in [0.717, 1.165) is 37.5 Å². The summed E-state index contributed by atoms with van der Waals surface area (Å²) in [6, 6.07) is 12.0. The average molecular weight is 434 g/mol. The van der Waals surface area contributed by atoms with Gasteiger partial charge in [-0.15, -0.1) is 0 Å². The van der Waals surface area contributed by atoms with E-state index in [1.165, 1.54) is 12.1 Å². The molecule has 1 amide bonds. The van der Waals surface area contributed by atoms with Gasteiger partial charge in [-0.25, -0.2) is 0 Å². The maximum absolute atomic E-state index is 12.9. The van der Waals surface area contributed by atoms with Gasteiger partial charge in [0.1, 0.15) is 5.75 Å². The molecule has 7 nitrogen and oxygen atoms in total. The second-order valence-corrected chi connectivity index (χ2v) is 8.98. The summed E-state index contributed by atoms with van der Waals surface area (Å²) in [5.74, 6) is 1.34. The smallest absolute Gasteiger partial charge is 0.306 e. The van der Waals surface area contributed by atoms with Crippen LogP contribution in [0.15, 0.2) is 42.5 Å². The number of benzene rings is 2. The Labute approximate surface area is 177 Å². The van der Waals surface area contributed by atoms with Gasteiger partial charge in [0.25, 0.3) is 5.91 Å². The van der Waals surface area contributed by atoms with E-state index < -0.39 is 10.1 Å². The molecule has 0 radical (unpaired) electrons. The van der Waals surface area contributed by atoms with Gasteiger partial charge in [0.2, 0.25) is 0 Å². The molecule has 1 saturated carbocycles. The Morgan fingerprint density at radius 2 is 1.73 bits per heavy atom. The summed E-state index contributed by atoms with van der Waals surface area (Å²) >= 11 is 0. The van der Waals surface area contributed by atoms with E-state index in [2.05, 4.69) is 5.32 Å². The Morgan fingerprint density at radius 1 is 1.00 bits per heavy atom. The van der Waals surface area contributed by atoms with Gasteiger partial charge >= 0.3 is 10.1 Å². The van der Waals surface area contributed by atoms with Gasteiger partial charge in [-0.1, -0.05) is 25.0 Å². The van der Waals surface area contributed by atoms with Crippen LogP contribution in [0, 0.1) is 0 Å². The van der Waals surface area contributed by atoms with Crippen LogP contribution in [0.1, 0.15) is 47.5 Å². The molecule has 0 heterocycles. The summed E-state index contributed by atoms with van der Waals surface area (Å²) in [6.07, 6.45) is 4.91. The van der Waals surface area contributed by atoms with Crippen molar-refractivity contribution in [1.29, 1.82) is 0 Å². The third-order valence-corrected chi connectivity index (χ3v) is 5.76. The van der Waals surface area contributed by atoms with Crippen LogP contribution in [0.2, 0.25) is 0 Å². The molecule has 2 atom stereocenters. The number of amides is 1. The number of rotatable bonds is 7. The van der Waals surface area contributed by atoms with E-state index in [1.54, 1.807) is 26.4 Å². The van der Waals surface area contributed by atoms with E-state index in [9.17, 15) is 13.2 Å². The zero-order chi connectivity index (χ0) is 21.7. The number of ether oxygens (including phenoxy) is 2. The molecule has 3 rings (SSSR count). The predicted molar refractivity (Wildman–Crippen MR) is 114 cm³/mol. The predicted octanol–water partition coefficient (Wildman–Crippen LogP) is 3.50. The lowest BCUT2D eigenvalue weighted by atomic mass is 9.79. The van der Waals surface area contributed by atoms with Crippen molar-refractivity contribution >= 4 is 16.0 Å². The molecule has 0 aliphatic heterocycles. The largest absolute Gasteiger partial charge is 0.493 e. The van der Waals surface area contributed by atoms with Crippen molar-refractivity contribution < 1.29 is 26.9 Å². The fourth-order valence-corrected chi connectivity index (χ4v) is 4.35. The standard InChI is InChI=1S/C22H27NO6S/c1-27-20-12-11-15(14-21(20)28-2)18-9-4-5-10-19(18)23-22(24)16-7-6-8-17(13-16)29-30(3,25)26/h6-8,11-14,18-19H,4-5,9-10H2,1-3H3,(H,23,24)/t18-,19-/m1/s1. The first-order valence-electron chi connectivity index (χ1n) is 9.83. The van der Waals surface area contributed by atoms with Gasteiger partial charge in [-0.05, 0) is 48.7 Å². The van der Waals surface area contributed by atoms with Crippen LogP contribution in [-0.2, 0) is 10.1 Å². The van der Waals surface area contributed by atoms with Crippen molar-refractivity contribution in [3.05, 3.63) is 53.6 Å². The second-order valence-electron chi connectivity index (χ2n) is 7.40. The maximum atomic E-state index is 12.9. The van der Waals surface area contributed by atoms with Gasteiger partial charge in [-0.2, -0.15) is 8.42 Å². The molecular formula is C22H27NO6S. The number of hydrogen-bond acceptors (Lipinski definition) is 6. The van der Waals surface area contributed by atoms with Gasteiger partial charge in [0.05, 0.1) is 20.5 Å². The van der Waals surface area contributed by atoms with E-state index in [1.807, 2.05) is 18.2 Å². The van der Waals surface area contributed by atoms with E-state index in [0.29, 0.717) is 17.1 Å². The summed E-state index contributed by atoms with van der Waals surface area (Å²) in [6.45, 7) is 0. The van der Waals surface area contributed by atoms with Gasteiger partial charge in [-0.3, -0.25) is 4.79 Å². The monoisotopic (exact) mass is 433 g/mol. The third kappa shape index (κ3) is 5.44. The molecule has 30 heavy (non-hydrogen) atoms. The lowest BCUT2D eigenvalue weighted by molar-refractivity contribution is 0.0920. The molecule has 0 saturated heterocycles. The van der Waals surface area contributed by atoms with Gasteiger partial charge < -0.3 is 19.0 Å². The second kappa shape index (κ2) is 9.38. The fraction of sp³-hybridized carbons (Fsp3) is 0.409. The minimum absolute atomic E-state index is 0.0381.